The van der Waals surface area contributed by atoms with Crippen molar-refractivity contribution in [1.82, 2.24) is 10.5 Å². The smallest absolute Gasteiger partial charge is 0.138 e. The van der Waals surface area contributed by atoms with Gasteiger partial charge < -0.3 is 14.6 Å². The second-order valence-corrected chi connectivity index (χ2v) is 4.58. The van der Waals surface area contributed by atoms with Gasteiger partial charge in [-0.3, -0.25) is 0 Å². The molecule has 4 nitrogen and oxygen atoms in total. The molecular formula is C15H20N2O2. The number of hydrogen-bond donors (Lipinski definition) is 1. The Hall–Kier alpha value is -1.81. The first-order valence-electron chi connectivity index (χ1n) is 6.46. The van der Waals surface area contributed by atoms with E-state index in [4.69, 9.17) is 9.26 Å². The van der Waals surface area contributed by atoms with Gasteiger partial charge in [0.2, 0.25) is 0 Å². The van der Waals surface area contributed by atoms with Gasteiger partial charge in [0.25, 0.3) is 0 Å². The Morgan fingerprint density at radius 1 is 1.21 bits per heavy atom. The molecule has 0 saturated carbocycles. The molecule has 0 unspecified atom stereocenters. The first-order chi connectivity index (χ1) is 9.20. The zero-order chi connectivity index (χ0) is 13.7. The van der Waals surface area contributed by atoms with Crippen LogP contribution in [0.1, 0.15) is 22.6 Å². The summed E-state index contributed by atoms with van der Waals surface area (Å²) in [5.74, 6) is 1.79. The summed E-state index contributed by atoms with van der Waals surface area (Å²) >= 11 is 0. The Balaban J connectivity index is 1.77. The van der Waals surface area contributed by atoms with Gasteiger partial charge in [-0.1, -0.05) is 17.3 Å². The van der Waals surface area contributed by atoms with Crippen molar-refractivity contribution >= 4 is 0 Å². The summed E-state index contributed by atoms with van der Waals surface area (Å²) in [4.78, 5) is 0. The van der Waals surface area contributed by atoms with E-state index in [2.05, 4.69) is 22.6 Å². The van der Waals surface area contributed by atoms with Crippen LogP contribution in [0, 0.1) is 13.8 Å². The number of benzene rings is 1. The van der Waals surface area contributed by atoms with Crippen molar-refractivity contribution < 1.29 is 9.26 Å². The molecule has 1 heterocycles. The molecule has 2 aromatic rings. The Bertz CT molecular complexity index is 498. The van der Waals surface area contributed by atoms with Crippen LogP contribution in [-0.4, -0.2) is 18.8 Å². The van der Waals surface area contributed by atoms with Gasteiger partial charge in [0.15, 0.2) is 0 Å². The summed E-state index contributed by atoms with van der Waals surface area (Å²) in [7, 11) is 1.68. The molecule has 0 aliphatic rings. The van der Waals surface area contributed by atoms with Crippen LogP contribution in [0.3, 0.4) is 0 Å². The zero-order valence-electron chi connectivity index (χ0n) is 11.7. The van der Waals surface area contributed by atoms with Crippen LogP contribution < -0.4 is 10.1 Å². The van der Waals surface area contributed by atoms with E-state index in [0.717, 1.165) is 42.3 Å². The SMILES string of the molecule is COc1ccc(CCNCc2c(C)noc2C)cc1. The van der Waals surface area contributed by atoms with Gasteiger partial charge in [-0.05, 0) is 44.5 Å². The number of aryl methyl sites for hydroxylation is 2. The van der Waals surface area contributed by atoms with Crippen LogP contribution in [0.15, 0.2) is 28.8 Å². The molecule has 19 heavy (non-hydrogen) atoms. The average molecular weight is 260 g/mol. The third-order valence-electron chi connectivity index (χ3n) is 3.23. The maximum absolute atomic E-state index is 5.14. The molecule has 0 spiro atoms. The maximum atomic E-state index is 5.14. The van der Waals surface area contributed by atoms with Gasteiger partial charge in [0.05, 0.1) is 12.8 Å². The highest BCUT2D eigenvalue weighted by Crippen LogP contribution is 2.12. The lowest BCUT2D eigenvalue weighted by atomic mass is 10.1. The fraction of sp³-hybridized carbons (Fsp3) is 0.400. The van der Waals surface area contributed by atoms with Gasteiger partial charge >= 0.3 is 0 Å². The molecule has 2 rings (SSSR count). The van der Waals surface area contributed by atoms with E-state index >= 15 is 0 Å². The Morgan fingerprint density at radius 3 is 2.53 bits per heavy atom. The van der Waals surface area contributed by atoms with Crippen LogP contribution in [-0.2, 0) is 13.0 Å². The highest BCUT2D eigenvalue weighted by Gasteiger charge is 2.07. The van der Waals surface area contributed by atoms with Crippen molar-refractivity contribution in [2.75, 3.05) is 13.7 Å². The number of methoxy groups -OCH3 is 1. The summed E-state index contributed by atoms with van der Waals surface area (Å²) in [6, 6.07) is 8.17. The zero-order valence-corrected chi connectivity index (χ0v) is 11.7. The molecule has 0 aliphatic heterocycles. The number of ether oxygens (including phenoxy) is 1. The largest absolute Gasteiger partial charge is 0.497 e. The molecular weight excluding hydrogens is 240 g/mol. The van der Waals surface area contributed by atoms with E-state index in [1.807, 2.05) is 26.0 Å². The standard InChI is InChI=1S/C15H20N2O2/c1-11-15(12(2)19-17-11)10-16-9-8-13-4-6-14(18-3)7-5-13/h4-7,16H,8-10H2,1-3H3. The van der Waals surface area contributed by atoms with E-state index < -0.39 is 0 Å². The lowest BCUT2D eigenvalue weighted by molar-refractivity contribution is 0.392. The fourth-order valence-electron chi connectivity index (χ4n) is 1.99. The molecule has 4 heteroatoms. The third-order valence-corrected chi connectivity index (χ3v) is 3.23. The second kappa shape index (κ2) is 6.38. The summed E-state index contributed by atoms with van der Waals surface area (Å²) in [5.41, 5.74) is 3.43. The number of hydrogen-bond acceptors (Lipinski definition) is 4. The van der Waals surface area contributed by atoms with E-state index in [1.54, 1.807) is 7.11 Å². The number of rotatable bonds is 6. The molecule has 0 fully saturated rings. The first-order valence-corrected chi connectivity index (χ1v) is 6.46. The van der Waals surface area contributed by atoms with Gasteiger partial charge in [-0.2, -0.15) is 0 Å². The van der Waals surface area contributed by atoms with Crippen molar-refractivity contribution in [3.63, 3.8) is 0 Å². The van der Waals surface area contributed by atoms with Gasteiger partial charge in [0.1, 0.15) is 11.5 Å². The molecule has 0 radical (unpaired) electrons. The third kappa shape index (κ3) is 3.58. The van der Waals surface area contributed by atoms with Crippen LogP contribution >= 0.6 is 0 Å². The quantitative estimate of drug-likeness (QED) is 0.811. The van der Waals surface area contributed by atoms with E-state index in [0.29, 0.717) is 0 Å². The van der Waals surface area contributed by atoms with Crippen molar-refractivity contribution in [1.29, 1.82) is 0 Å². The number of nitrogens with one attached hydrogen (secondary N) is 1. The van der Waals surface area contributed by atoms with E-state index in [1.165, 1.54) is 5.56 Å². The van der Waals surface area contributed by atoms with E-state index in [9.17, 15) is 0 Å². The predicted molar refractivity (Wildman–Crippen MR) is 74.4 cm³/mol. The molecule has 1 N–H and O–H groups in total. The minimum absolute atomic E-state index is 0.803. The second-order valence-electron chi connectivity index (χ2n) is 4.58. The predicted octanol–water partition coefficient (Wildman–Crippen LogP) is 2.63. The topological polar surface area (TPSA) is 47.3 Å². The van der Waals surface area contributed by atoms with Gasteiger partial charge in [0, 0.05) is 12.1 Å². The van der Waals surface area contributed by atoms with Gasteiger partial charge in [-0.25, -0.2) is 0 Å². The van der Waals surface area contributed by atoms with Crippen molar-refractivity contribution in [2.45, 2.75) is 26.8 Å². The van der Waals surface area contributed by atoms with Crippen molar-refractivity contribution in [3.05, 3.63) is 46.8 Å². The molecule has 0 atom stereocenters. The summed E-state index contributed by atoms with van der Waals surface area (Å²) in [6.45, 7) is 5.64. The molecule has 1 aromatic carbocycles. The molecule has 0 aliphatic carbocycles. The maximum Gasteiger partial charge on any atom is 0.138 e. The Labute approximate surface area is 113 Å². The van der Waals surface area contributed by atoms with Crippen molar-refractivity contribution in [2.24, 2.45) is 0 Å². The minimum Gasteiger partial charge on any atom is -0.497 e. The summed E-state index contributed by atoms with van der Waals surface area (Å²) in [5, 5.41) is 7.36. The minimum atomic E-state index is 0.803. The van der Waals surface area contributed by atoms with Crippen LogP contribution in [0.5, 0.6) is 5.75 Å². The molecule has 0 amide bonds. The van der Waals surface area contributed by atoms with Crippen molar-refractivity contribution in [3.8, 4) is 5.75 Å². The monoisotopic (exact) mass is 260 g/mol. The normalized spacial score (nSPS) is 10.7. The lowest BCUT2D eigenvalue weighted by Gasteiger charge is -2.05. The Kier molecular flexibility index (Phi) is 4.58. The summed E-state index contributed by atoms with van der Waals surface area (Å²) < 4.78 is 10.3. The molecule has 0 bridgehead atoms. The Morgan fingerprint density at radius 2 is 1.95 bits per heavy atom. The molecule has 0 saturated heterocycles. The fourth-order valence-corrected chi connectivity index (χ4v) is 1.99. The highest BCUT2D eigenvalue weighted by molar-refractivity contribution is 5.27. The first kappa shape index (κ1) is 13.6. The number of aromatic nitrogens is 1. The number of nitrogens with zero attached hydrogens (tertiary/aromatic N) is 1. The highest BCUT2D eigenvalue weighted by atomic mass is 16.5. The average Bonchev–Trinajstić information content (AvgIpc) is 2.75. The van der Waals surface area contributed by atoms with Crippen LogP contribution in [0.2, 0.25) is 0 Å². The summed E-state index contributed by atoms with van der Waals surface area (Å²) in [6.07, 6.45) is 0.993. The van der Waals surface area contributed by atoms with Crippen LogP contribution in [0.25, 0.3) is 0 Å². The van der Waals surface area contributed by atoms with Crippen LogP contribution in [0.4, 0.5) is 0 Å². The lowest BCUT2D eigenvalue weighted by Crippen LogP contribution is -2.17. The van der Waals surface area contributed by atoms with E-state index in [-0.39, 0.29) is 0 Å². The molecule has 102 valence electrons. The molecule has 1 aromatic heterocycles. The van der Waals surface area contributed by atoms with Gasteiger partial charge in [-0.15, -0.1) is 0 Å².